The average molecular weight is 377 g/mol. The minimum atomic E-state index is -0.494. The van der Waals surface area contributed by atoms with E-state index < -0.39 is 6.10 Å². The summed E-state index contributed by atoms with van der Waals surface area (Å²) in [4.78, 5) is 4.56. The Balaban J connectivity index is 0.00000264. The van der Waals surface area contributed by atoms with Gasteiger partial charge < -0.3 is 19.5 Å². The number of aliphatic hydroxyl groups excluding tert-OH is 1. The number of methoxy groups -OCH3 is 1. The first kappa shape index (κ1) is 22.8. The Morgan fingerprint density at radius 1 is 1.21 bits per heavy atom. The van der Waals surface area contributed by atoms with E-state index in [-0.39, 0.29) is 38.0 Å². The molecule has 7 heteroatoms. The van der Waals surface area contributed by atoms with Gasteiger partial charge in [0, 0.05) is 32.7 Å². The summed E-state index contributed by atoms with van der Waals surface area (Å²) in [5.41, 5.74) is 1.13. The second-order valence-corrected chi connectivity index (χ2v) is 5.33. The predicted octanol–water partition coefficient (Wildman–Crippen LogP) is 1.67. The second kappa shape index (κ2) is 12.2. The van der Waals surface area contributed by atoms with Crippen molar-refractivity contribution in [2.45, 2.75) is 6.10 Å². The van der Waals surface area contributed by atoms with Gasteiger partial charge in [-0.15, -0.1) is 31.2 Å². The summed E-state index contributed by atoms with van der Waals surface area (Å²) < 4.78 is 10.6. The Hall–Kier alpha value is -1.16. The first-order chi connectivity index (χ1) is 10.7. The van der Waals surface area contributed by atoms with Crippen molar-refractivity contribution < 1.29 is 14.6 Å². The van der Waals surface area contributed by atoms with Gasteiger partial charge >= 0.3 is 0 Å². The quantitative estimate of drug-likeness (QED) is 0.579. The lowest BCUT2D eigenvalue weighted by molar-refractivity contribution is 0.0267. The van der Waals surface area contributed by atoms with Crippen LogP contribution in [0.2, 0.25) is 0 Å². The van der Waals surface area contributed by atoms with Crippen molar-refractivity contribution in [2.24, 2.45) is 0 Å². The molecule has 1 aliphatic heterocycles. The topological polar surface area (TPSA) is 45.2 Å². The van der Waals surface area contributed by atoms with E-state index in [1.54, 1.807) is 7.11 Å². The first-order valence-corrected chi connectivity index (χ1v) is 7.54. The monoisotopic (exact) mass is 376 g/mol. The van der Waals surface area contributed by atoms with E-state index >= 15 is 0 Å². The Bertz CT molecular complexity index is 503. The van der Waals surface area contributed by atoms with Gasteiger partial charge in [-0.05, 0) is 12.1 Å². The zero-order chi connectivity index (χ0) is 15.8. The number of hydrogen-bond donors (Lipinski definition) is 1. The minimum absolute atomic E-state index is 0. The van der Waals surface area contributed by atoms with E-state index in [9.17, 15) is 5.11 Å². The van der Waals surface area contributed by atoms with Crippen molar-refractivity contribution in [3.63, 3.8) is 0 Å². The zero-order valence-electron chi connectivity index (χ0n) is 13.9. The van der Waals surface area contributed by atoms with Crippen molar-refractivity contribution in [3.8, 4) is 18.1 Å². The number of β-amino-alcohol motifs (C(OH)–C–C–N with tert-alkyl or cyclic N) is 1. The fraction of sp³-hybridized carbons (Fsp3) is 0.529. The molecule has 0 radical (unpaired) electrons. The van der Waals surface area contributed by atoms with Gasteiger partial charge in [-0.3, -0.25) is 4.90 Å². The smallest absolute Gasteiger partial charge is 0.142 e. The number of anilines is 1. The Kier molecular flexibility index (Phi) is 11.6. The molecule has 1 aliphatic rings. The van der Waals surface area contributed by atoms with E-state index in [1.165, 1.54) is 0 Å². The number of terminal acetylenes is 1. The highest BCUT2D eigenvalue weighted by Gasteiger charge is 2.21. The van der Waals surface area contributed by atoms with E-state index in [2.05, 4.69) is 21.8 Å². The number of aliphatic hydroxyl groups is 1. The highest BCUT2D eigenvalue weighted by atomic mass is 35.5. The number of benzene rings is 1. The van der Waals surface area contributed by atoms with Crippen LogP contribution in [0.15, 0.2) is 24.3 Å². The van der Waals surface area contributed by atoms with Gasteiger partial charge in [0.25, 0.3) is 0 Å². The van der Waals surface area contributed by atoms with Crippen LogP contribution in [0, 0.1) is 12.3 Å². The third kappa shape index (κ3) is 6.76. The molecule has 24 heavy (non-hydrogen) atoms. The highest BCUT2D eigenvalue weighted by Crippen LogP contribution is 2.28. The van der Waals surface area contributed by atoms with Crippen molar-refractivity contribution >= 4 is 30.5 Å². The Labute approximate surface area is 156 Å². The second-order valence-electron chi connectivity index (χ2n) is 5.33. The number of para-hydroxylation sites is 2. The van der Waals surface area contributed by atoms with Gasteiger partial charge in [0.05, 0.1) is 25.5 Å². The molecule has 1 aromatic rings. The molecule has 1 atom stereocenters. The van der Waals surface area contributed by atoms with Gasteiger partial charge in [-0.1, -0.05) is 18.1 Å². The van der Waals surface area contributed by atoms with Gasteiger partial charge in [0.15, 0.2) is 0 Å². The molecule has 0 bridgehead atoms. The maximum Gasteiger partial charge on any atom is 0.142 e. The van der Waals surface area contributed by atoms with Crippen LogP contribution in [-0.4, -0.2) is 69.2 Å². The van der Waals surface area contributed by atoms with Crippen LogP contribution in [-0.2, 0) is 4.74 Å². The summed E-state index contributed by atoms with van der Waals surface area (Å²) >= 11 is 0. The van der Waals surface area contributed by atoms with Crippen LogP contribution < -0.4 is 9.64 Å². The van der Waals surface area contributed by atoms with Crippen molar-refractivity contribution in [1.82, 2.24) is 4.90 Å². The third-order valence-corrected chi connectivity index (χ3v) is 3.76. The molecule has 0 spiro atoms. The number of nitrogens with zero attached hydrogens (tertiary/aromatic N) is 2. The maximum absolute atomic E-state index is 9.92. The molecule has 1 N–H and O–H groups in total. The van der Waals surface area contributed by atoms with Crippen LogP contribution in [0.25, 0.3) is 0 Å². The van der Waals surface area contributed by atoms with E-state index in [1.807, 2.05) is 18.2 Å². The summed E-state index contributed by atoms with van der Waals surface area (Å²) in [6.07, 6.45) is 4.62. The molecular formula is C17H26Cl2N2O3. The van der Waals surface area contributed by atoms with Gasteiger partial charge in [0.1, 0.15) is 12.4 Å². The molecule has 5 nitrogen and oxygen atoms in total. The average Bonchev–Trinajstić information content (AvgIpc) is 2.56. The molecule has 1 unspecified atom stereocenters. The van der Waals surface area contributed by atoms with Crippen molar-refractivity contribution in [3.05, 3.63) is 24.3 Å². The van der Waals surface area contributed by atoms with Gasteiger partial charge in [0.2, 0.25) is 0 Å². The number of rotatable bonds is 7. The number of halogens is 2. The number of hydrogen-bond acceptors (Lipinski definition) is 5. The largest absolute Gasteiger partial charge is 0.495 e. The Morgan fingerprint density at radius 3 is 2.50 bits per heavy atom. The van der Waals surface area contributed by atoms with Crippen LogP contribution in [0.3, 0.4) is 0 Å². The summed E-state index contributed by atoms with van der Waals surface area (Å²) in [7, 11) is 1.70. The maximum atomic E-state index is 9.92. The van der Waals surface area contributed by atoms with E-state index in [4.69, 9.17) is 15.9 Å². The summed E-state index contributed by atoms with van der Waals surface area (Å²) in [6.45, 7) is 4.80. The lowest BCUT2D eigenvalue weighted by atomic mass is 10.2. The summed E-state index contributed by atoms with van der Waals surface area (Å²) in [5.74, 6) is 3.30. The molecule has 136 valence electrons. The van der Waals surface area contributed by atoms with Crippen molar-refractivity contribution in [2.75, 3.05) is 57.9 Å². The van der Waals surface area contributed by atoms with Crippen LogP contribution in [0.1, 0.15) is 0 Å². The molecule has 1 fully saturated rings. The lowest BCUT2D eigenvalue weighted by Crippen LogP contribution is -2.49. The SMILES string of the molecule is C#CCOCC(O)CN1CCN(c2ccccc2OC)CC1.Cl.Cl. The Morgan fingerprint density at radius 2 is 1.88 bits per heavy atom. The molecule has 1 heterocycles. The first-order valence-electron chi connectivity index (χ1n) is 7.54. The standard InChI is InChI=1S/C17H24N2O3.2ClH/c1-3-12-22-14-15(20)13-18-8-10-19(11-9-18)16-6-4-5-7-17(16)21-2;;/h1,4-7,15,20H,8-14H2,2H3;2*1H. The van der Waals surface area contributed by atoms with Gasteiger partial charge in [-0.2, -0.15) is 0 Å². The van der Waals surface area contributed by atoms with Gasteiger partial charge in [-0.25, -0.2) is 0 Å². The molecule has 0 saturated carbocycles. The molecule has 1 saturated heterocycles. The van der Waals surface area contributed by atoms with E-state index in [0.29, 0.717) is 6.54 Å². The molecule has 2 rings (SSSR count). The van der Waals surface area contributed by atoms with E-state index in [0.717, 1.165) is 37.6 Å². The normalized spacial score (nSPS) is 15.6. The van der Waals surface area contributed by atoms with Crippen LogP contribution in [0.4, 0.5) is 5.69 Å². The lowest BCUT2D eigenvalue weighted by Gasteiger charge is -2.37. The predicted molar refractivity (Wildman–Crippen MR) is 102 cm³/mol. The molecule has 0 aliphatic carbocycles. The summed E-state index contributed by atoms with van der Waals surface area (Å²) in [6, 6.07) is 8.06. The molecular weight excluding hydrogens is 351 g/mol. The minimum Gasteiger partial charge on any atom is -0.495 e. The number of ether oxygens (including phenoxy) is 2. The van der Waals surface area contributed by atoms with Crippen LogP contribution >= 0.6 is 24.8 Å². The zero-order valence-corrected chi connectivity index (χ0v) is 15.5. The molecule has 1 aromatic carbocycles. The summed E-state index contributed by atoms with van der Waals surface area (Å²) in [5, 5.41) is 9.92. The molecule has 0 aromatic heterocycles. The highest BCUT2D eigenvalue weighted by molar-refractivity contribution is 5.85. The van der Waals surface area contributed by atoms with Crippen LogP contribution in [0.5, 0.6) is 5.75 Å². The van der Waals surface area contributed by atoms with Crippen molar-refractivity contribution in [1.29, 1.82) is 0 Å². The molecule has 0 amide bonds. The fourth-order valence-corrected chi connectivity index (χ4v) is 2.67. The third-order valence-electron chi connectivity index (χ3n) is 3.76. The number of piperazine rings is 1. The fourth-order valence-electron chi connectivity index (χ4n) is 2.67.